The SMILES string of the molecule is CC(C#N)CNC1CCN(C(=O)OC(C)(C)C)C1. The molecule has 1 N–H and O–H groups in total. The smallest absolute Gasteiger partial charge is 0.410 e. The highest BCUT2D eigenvalue weighted by atomic mass is 16.6. The molecular weight excluding hydrogens is 230 g/mol. The quantitative estimate of drug-likeness (QED) is 0.832. The summed E-state index contributed by atoms with van der Waals surface area (Å²) in [6, 6.07) is 2.46. The molecule has 1 aliphatic heterocycles. The fourth-order valence-corrected chi connectivity index (χ4v) is 1.81. The van der Waals surface area contributed by atoms with Crippen molar-refractivity contribution in [2.75, 3.05) is 19.6 Å². The van der Waals surface area contributed by atoms with Crippen LogP contribution in [0.15, 0.2) is 0 Å². The van der Waals surface area contributed by atoms with E-state index in [0.717, 1.165) is 6.42 Å². The molecule has 0 radical (unpaired) electrons. The first-order valence-corrected chi connectivity index (χ1v) is 6.43. The Balaban J connectivity index is 2.33. The van der Waals surface area contributed by atoms with Crippen LogP contribution in [0.1, 0.15) is 34.1 Å². The van der Waals surface area contributed by atoms with E-state index < -0.39 is 5.60 Å². The summed E-state index contributed by atoms with van der Waals surface area (Å²) in [7, 11) is 0. The van der Waals surface area contributed by atoms with Crippen molar-refractivity contribution < 1.29 is 9.53 Å². The molecule has 102 valence electrons. The van der Waals surface area contributed by atoms with Gasteiger partial charge in [-0.2, -0.15) is 5.26 Å². The van der Waals surface area contributed by atoms with Gasteiger partial charge in [0.15, 0.2) is 0 Å². The van der Waals surface area contributed by atoms with Crippen molar-refractivity contribution in [3.05, 3.63) is 0 Å². The summed E-state index contributed by atoms with van der Waals surface area (Å²) in [6.45, 7) is 9.53. The number of carbonyl (C=O) groups is 1. The van der Waals surface area contributed by atoms with Crippen molar-refractivity contribution in [1.82, 2.24) is 10.2 Å². The summed E-state index contributed by atoms with van der Waals surface area (Å²) in [5, 5.41) is 12.0. The topological polar surface area (TPSA) is 65.4 Å². The lowest BCUT2D eigenvalue weighted by molar-refractivity contribution is 0.0291. The predicted octanol–water partition coefficient (Wildman–Crippen LogP) is 1.75. The number of nitrogens with one attached hydrogen (secondary N) is 1. The highest BCUT2D eigenvalue weighted by Crippen LogP contribution is 2.15. The fraction of sp³-hybridized carbons (Fsp3) is 0.846. The number of carbonyl (C=O) groups excluding carboxylic acids is 1. The van der Waals surface area contributed by atoms with Crippen LogP contribution in [0, 0.1) is 17.2 Å². The van der Waals surface area contributed by atoms with Gasteiger partial charge in [0.25, 0.3) is 0 Å². The minimum Gasteiger partial charge on any atom is -0.444 e. The van der Waals surface area contributed by atoms with E-state index >= 15 is 0 Å². The van der Waals surface area contributed by atoms with E-state index in [1.807, 2.05) is 27.7 Å². The first-order valence-electron chi connectivity index (χ1n) is 6.43. The minimum absolute atomic E-state index is 0.000534. The fourth-order valence-electron chi connectivity index (χ4n) is 1.81. The van der Waals surface area contributed by atoms with Crippen molar-refractivity contribution in [3.8, 4) is 6.07 Å². The second kappa shape index (κ2) is 6.05. The Labute approximate surface area is 109 Å². The minimum atomic E-state index is -0.447. The van der Waals surface area contributed by atoms with E-state index in [4.69, 9.17) is 10.00 Å². The third-order valence-corrected chi connectivity index (χ3v) is 2.77. The molecule has 0 aliphatic carbocycles. The Morgan fingerprint density at radius 2 is 2.28 bits per heavy atom. The molecule has 2 atom stereocenters. The van der Waals surface area contributed by atoms with E-state index in [2.05, 4.69) is 11.4 Å². The van der Waals surface area contributed by atoms with Crippen LogP contribution in [0.3, 0.4) is 0 Å². The van der Waals surface area contributed by atoms with Gasteiger partial charge in [0.1, 0.15) is 5.60 Å². The van der Waals surface area contributed by atoms with Gasteiger partial charge in [-0.05, 0) is 34.1 Å². The van der Waals surface area contributed by atoms with Crippen molar-refractivity contribution in [1.29, 1.82) is 5.26 Å². The molecule has 1 saturated heterocycles. The summed E-state index contributed by atoms with van der Waals surface area (Å²) in [4.78, 5) is 13.5. The molecule has 0 aromatic carbocycles. The summed E-state index contributed by atoms with van der Waals surface area (Å²) in [6.07, 6.45) is 0.664. The molecule has 18 heavy (non-hydrogen) atoms. The number of rotatable bonds is 3. The van der Waals surface area contributed by atoms with Gasteiger partial charge in [-0.25, -0.2) is 4.79 Å². The van der Waals surface area contributed by atoms with Crippen LogP contribution in [0.25, 0.3) is 0 Å². The second-order valence-electron chi connectivity index (χ2n) is 5.85. The largest absolute Gasteiger partial charge is 0.444 e. The number of hydrogen-bond acceptors (Lipinski definition) is 4. The number of hydrogen-bond donors (Lipinski definition) is 1. The van der Waals surface area contributed by atoms with E-state index in [0.29, 0.717) is 19.6 Å². The Morgan fingerprint density at radius 3 is 2.83 bits per heavy atom. The summed E-state index contributed by atoms with van der Waals surface area (Å²) in [5.74, 6) is 0.000534. The molecule has 1 amide bonds. The molecule has 1 rings (SSSR count). The van der Waals surface area contributed by atoms with Crippen molar-refractivity contribution in [3.63, 3.8) is 0 Å². The molecule has 0 bridgehead atoms. The molecule has 1 fully saturated rings. The van der Waals surface area contributed by atoms with Crippen LogP contribution < -0.4 is 5.32 Å². The van der Waals surface area contributed by atoms with Crippen LogP contribution in [-0.4, -0.2) is 42.3 Å². The zero-order chi connectivity index (χ0) is 13.8. The Bertz CT molecular complexity index is 330. The standard InChI is InChI=1S/C13H23N3O2/c1-10(7-14)8-15-11-5-6-16(9-11)12(17)18-13(2,3)4/h10-11,15H,5-6,8-9H2,1-4H3. The van der Waals surface area contributed by atoms with Gasteiger partial charge in [-0.3, -0.25) is 0 Å². The average Bonchev–Trinajstić information content (AvgIpc) is 2.72. The van der Waals surface area contributed by atoms with Gasteiger partial charge in [0, 0.05) is 25.7 Å². The van der Waals surface area contributed by atoms with Crippen molar-refractivity contribution in [2.45, 2.75) is 45.8 Å². The van der Waals surface area contributed by atoms with Crippen LogP contribution >= 0.6 is 0 Å². The number of amides is 1. The molecule has 0 saturated carbocycles. The maximum absolute atomic E-state index is 11.8. The van der Waals surface area contributed by atoms with E-state index in [1.165, 1.54) is 0 Å². The van der Waals surface area contributed by atoms with Crippen molar-refractivity contribution >= 4 is 6.09 Å². The van der Waals surface area contributed by atoms with Gasteiger partial charge in [-0.15, -0.1) is 0 Å². The molecule has 2 unspecified atom stereocenters. The summed E-state index contributed by atoms with van der Waals surface area (Å²) >= 11 is 0. The normalized spacial score (nSPS) is 21.5. The first-order chi connectivity index (χ1) is 8.31. The first kappa shape index (κ1) is 14.8. The lowest BCUT2D eigenvalue weighted by Crippen LogP contribution is -2.39. The molecule has 0 aromatic rings. The van der Waals surface area contributed by atoms with Gasteiger partial charge in [-0.1, -0.05) is 0 Å². The second-order valence-corrected chi connectivity index (χ2v) is 5.85. The van der Waals surface area contributed by atoms with Crippen molar-refractivity contribution in [2.24, 2.45) is 5.92 Å². The molecule has 0 spiro atoms. The van der Waals surface area contributed by atoms with E-state index in [1.54, 1.807) is 4.90 Å². The molecule has 5 heteroatoms. The summed E-state index contributed by atoms with van der Waals surface area (Å²) in [5.41, 5.74) is -0.447. The van der Waals surface area contributed by atoms with Gasteiger partial charge < -0.3 is 15.0 Å². The molecule has 1 heterocycles. The molecule has 5 nitrogen and oxygen atoms in total. The maximum Gasteiger partial charge on any atom is 0.410 e. The van der Waals surface area contributed by atoms with Gasteiger partial charge in [0.2, 0.25) is 0 Å². The number of ether oxygens (including phenoxy) is 1. The Hall–Kier alpha value is -1.28. The number of nitriles is 1. The van der Waals surface area contributed by atoms with Crippen LogP contribution in [0.4, 0.5) is 4.79 Å². The number of nitrogens with zero attached hydrogens (tertiary/aromatic N) is 2. The molecule has 0 aromatic heterocycles. The van der Waals surface area contributed by atoms with Crippen LogP contribution in [0.2, 0.25) is 0 Å². The predicted molar refractivity (Wildman–Crippen MR) is 69.0 cm³/mol. The number of likely N-dealkylation sites (tertiary alicyclic amines) is 1. The highest BCUT2D eigenvalue weighted by Gasteiger charge is 2.29. The summed E-state index contributed by atoms with van der Waals surface area (Å²) < 4.78 is 5.32. The van der Waals surface area contributed by atoms with E-state index in [9.17, 15) is 4.79 Å². The van der Waals surface area contributed by atoms with Gasteiger partial charge >= 0.3 is 6.09 Å². The lowest BCUT2D eigenvalue weighted by atomic mass is 10.2. The molecule has 1 aliphatic rings. The zero-order valence-electron chi connectivity index (χ0n) is 11.7. The lowest BCUT2D eigenvalue weighted by Gasteiger charge is -2.24. The molecular formula is C13H23N3O2. The average molecular weight is 253 g/mol. The zero-order valence-corrected chi connectivity index (χ0v) is 11.7. The third-order valence-electron chi connectivity index (χ3n) is 2.77. The monoisotopic (exact) mass is 253 g/mol. The Kier molecular flexibility index (Phi) is 4.97. The van der Waals surface area contributed by atoms with Crippen LogP contribution in [0.5, 0.6) is 0 Å². The third kappa shape index (κ3) is 4.92. The van der Waals surface area contributed by atoms with Crippen LogP contribution in [-0.2, 0) is 4.74 Å². The highest BCUT2D eigenvalue weighted by molar-refractivity contribution is 5.68. The maximum atomic E-state index is 11.8. The van der Waals surface area contributed by atoms with E-state index in [-0.39, 0.29) is 18.1 Å². The van der Waals surface area contributed by atoms with Gasteiger partial charge in [0.05, 0.1) is 12.0 Å². The Morgan fingerprint density at radius 1 is 1.61 bits per heavy atom.